The van der Waals surface area contributed by atoms with E-state index in [1.165, 1.54) is 41.5 Å². The van der Waals surface area contributed by atoms with Gasteiger partial charge < -0.3 is 0 Å². The molecule has 0 radical (unpaired) electrons. The predicted octanol–water partition coefficient (Wildman–Crippen LogP) is 19.7. The molecule has 3 saturated carbocycles. The lowest BCUT2D eigenvalue weighted by Gasteiger charge is -2.69. The molecule has 17 rings (SSSR count). The van der Waals surface area contributed by atoms with Gasteiger partial charge in [0.25, 0.3) is 0 Å². The molecule has 4 aliphatic rings. The summed E-state index contributed by atoms with van der Waals surface area (Å²) in [5.41, 5.74) is 21.3. The van der Waals surface area contributed by atoms with E-state index >= 15 is 0 Å². The second-order valence-electron chi connectivity index (χ2n) is 25.2. The summed E-state index contributed by atoms with van der Waals surface area (Å²) < 4.78 is 0. The zero-order valence-corrected chi connectivity index (χ0v) is 50.5. The number of hydrogen-bond donors (Lipinski definition) is 0. The van der Waals surface area contributed by atoms with Gasteiger partial charge in [-0.05, 0) is 140 Å². The van der Waals surface area contributed by atoms with E-state index in [9.17, 15) is 10.5 Å². The second kappa shape index (κ2) is 22.2. The molecule has 0 N–H and O–H groups in total. The molecule has 3 fully saturated rings. The molecular formula is C84H58N8. The van der Waals surface area contributed by atoms with Crippen LogP contribution in [0.2, 0.25) is 0 Å². The van der Waals surface area contributed by atoms with Crippen LogP contribution in [-0.4, -0.2) is 29.9 Å². The smallest absolute Gasteiger partial charge is 0.165 e. The van der Waals surface area contributed by atoms with E-state index in [4.69, 9.17) is 29.9 Å². The first-order valence-electron chi connectivity index (χ1n) is 31.8. The molecule has 1 spiro atoms. The first-order chi connectivity index (χ1) is 45.4. The van der Waals surface area contributed by atoms with Gasteiger partial charge in [0.05, 0.1) is 11.1 Å². The van der Waals surface area contributed by atoms with Gasteiger partial charge in [0.15, 0.2) is 34.9 Å². The van der Waals surface area contributed by atoms with Crippen LogP contribution in [0.3, 0.4) is 0 Å². The minimum Gasteiger partial charge on any atom is -0.208 e. The Balaban J connectivity index is 0.720. The van der Waals surface area contributed by atoms with Crippen molar-refractivity contribution in [1.82, 2.24) is 29.9 Å². The molecule has 0 aliphatic heterocycles. The summed E-state index contributed by atoms with van der Waals surface area (Å²) in [5, 5.41) is 22.4. The van der Waals surface area contributed by atoms with E-state index in [1.807, 2.05) is 140 Å². The number of rotatable bonds is 11. The topological polar surface area (TPSA) is 125 Å². The van der Waals surface area contributed by atoms with Gasteiger partial charge in [0.2, 0.25) is 0 Å². The molecule has 2 aromatic heterocycles. The summed E-state index contributed by atoms with van der Waals surface area (Å²) in [6, 6.07) is 97.3. The van der Waals surface area contributed by atoms with Gasteiger partial charge in [-0.1, -0.05) is 250 Å². The molecule has 4 aliphatic carbocycles. The Hall–Kier alpha value is -11.6. The molecule has 8 heteroatoms. The number of nitrogens with zero attached hydrogens (tertiary/aromatic N) is 8. The van der Waals surface area contributed by atoms with Crippen molar-refractivity contribution in [1.29, 1.82) is 10.5 Å². The lowest BCUT2D eigenvalue weighted by Crippen LogP contribution is -2.64. The van der Waals surface area contributed by atoms with Crippen LogP contribution in [0.15, 0.2) is 267 Å². The highest BCUT2D eigenvalue weighted by Crippen LogP contribution is 2.74. The van der Waals surface area contributed by atoms with Crippen molar-refractivity contribution in [2.24, 2.45) is 29.6 Å². The maximum absolute atomic E-state index is 11.4. The monoisotopic (exact) mass is 1180 g/mol. The van der Waals surface area contributed by atoms with E-state index in [0.717, 1.165) is 89.7 Å². The standard InChI is InChI=1S/C84H58N8/c1-51-44-64-45-65-48-76(77(64)65)84(51)74-46-62(56-28-34-57(35-29-56)66-24-14-26-70(72(66)49-85)82-89-78(58-20-10-4-11-21-58)87-80(91-82)60-36-30-54(31-37-60)52-16-6-2-7-17-52)40-42-68(74)69-43-41-63(47-75(69)84)67-25-15-27-71(73(67)50-86)83-90-79(59-22-12-5-13-23-59)88-81(92-83)61-38-32-55(33-39-61)53-18-8-3-9-19-53/h2-43,46-47,51,64-65,76-77H,44-45,48H2,1H3. The Morgan fingerprint density at radius 3 is 1.07 bits per heavy atom. The summed E-state index contributed by atoms with van der Waals surface area (Å²) >= 11 is 0. The van der Waals surface area contributed by atoms with Crippen molar-refractivity contribution >= 4 is 0 Å². The molecule has 8 nitrogen and oxygen atoms in total. The molecule has 0 amide bonds. The van der Waals surface area contributed by atoms with Crippen LogP contribution in [-0.2, 0) is 5.41 Å². The van der Waals surface area contributed by atoms with Gasteiger partial charge in [0, 0.05) is 49.9 Å². The highest BCUT2D eigenvalue weighted by Gasteiger charge is 2.68. The maximum Gasteiger partial charge on any atom is 0.165 e. The second-order valence-corrected chi connectivity index (χ2v) is 25.2. The molecule has 0 bridgehead atoms. The number of benzene rings is 11. The Kier molecular flexibility index (Phi) is 13.1. The van der Waals surface area contributed by atoms with Gasteiger partial charge >= 0.3 is 0 Å². The van der Waals surface area contributed by atoms with Crippen molar-refractivity contribution < 1.29 is 0 Å². The number of fused-ring (bicyclic) bond motifs is 6. The van der Waals surface area contributed by atoms with Crippen LogP contribution >= 0.6 is 0 Å². The number of aromatic nitrogens is 6. The average molecular weight is 1180 g/mol. The fourth-order valence-corrected chi connectivity index (χ4v) is 16.1. The minimum atomic E-state index is -0.202. The summed E-state index contributed by atoms with van der Waals surface area (Å²) in [4.78, 5) is 30.5. The fourth-order valence-electron chi connectivity index (χ4n) is 16.1. The summed E-state index contributed by atoms with van der Waals surface area (Å²) in [7, 11) is 0. The molecule has 434 valence electrons. The van der Waals surface area contributed by atoms with Crippen LogP contribution in [0.25, 0.3) is 135 Å². The van der Waals surface area contributed by atoms with Crippen molar-refractivity contribution in [2.45, 2.75) is 31.6 Å². The van der Waals surface area contributed by atoms with E-state index in [2.05, 4.69) is 146 Å². The van der Waals surface area contributed by atoms with Gasteiger partial charge in [-0.25, -0.2) is 29.9 Å². The van der Waals surface area contributed by atoms with Crippen molar-refractivity contribution in [3.05, 3.63) is 289 Å². The SMILES string of the molecule is CC1CC2CC3CC(C23)C12c1cc(-c3ccc(-c4cccc(-c5nc(-c6ccccc6)nc(-c6ccc(-c7ccccc7)cc6)n5)c4C#N)cc3)ccc1-c1ccc(-c3cccc(-c4nc(-c5ccccc5)nc(-c5ccc(-c6ccccc6)cc5)n4)c3C#N)cc12. The first-order valence-corrected chi connectivity index (χ1v) is 31.8. The quantitative estimate of drug-likeness (QED) is 0.125. The third-order valence-electron chi connectivity index (χ3n) is 20.5. The van der Waals surface area contributed by atoms with Crippen LogP contribution < -0.4 is 0 Å². The third kappa shape index (κ3) is 9.01. The number of nitriles is 2. The third-order valence-corrected chi connectivity index (χ3v) is 20.5. The van der Waals surface area contributed by atoms with Gasteiger partial charge in [0.1, 0.15) is 12.1 Å². The van der Waals surface area contributed by atoms with Gasteiger partial charge in [-0.3, -0.25) is 0 Å². The molecular weight excluding hydrogens is 1120 g/mol. The van der Waals surface area contributed by atoms with E-state index in [-0.39, 0.29) is 5.41 Å². The largest absolute Gasteiger partial charge is 0.208 e. The zero-order valence-electron chi connectivity index (χ0n) is 50.5. The predicted molar refractivity (Wildman–Crippen MR) is 366 cm³/mol. The molecule has 13 aromatic rings. The molecule has 11 aromatic carbocycles. The Morgan fingerprint density at radius 1 is 0.293 bits per heavy atom. The molecule has 6 unspecified atom stereocenters. The lowest BCUT2D eigenvalue weighted by atomic mass is 9.34. The van der Waals surface area contributed by atoms with Crippen molar-refractivity contribution in [3.63, 3.8) is 0 Å². The molecule has 0 saturated heterocycles. The van der Waals surface area contributed by atoms with E-state index in [0.29, 0.717) is 75.0 Å². The summed E-state index contributed by atoms with van der Waals surface area (Å²) in [6.45, 7) is 2.51. The minimum absolute atomic E-state index is 0.202. The maximum atomic E-state index is 11.4. The Labute approximate surface area is 535 Å². The van der Waals surface area contributed by atoms with Gasteiger partial charge in [-0.2, -0.15) is 10.5 Å². The highest BCUT2D eigenvalue weighted by molar-refractivity contribution is 5.90. The van der Waals surface area contributed by atoms with E-state index in [1.54, 1.807) is 0 Å². The molecule has 92 heavy (non-hydrogen) atoms. The Morgan fingerprint density at radius 2 is 0.620 bits per heavy atom. The average Bonchev–Trinajstić information content (AvgIpc) is 1.38. The van der Waals surface area contributed by atoms with Crippen LogP contribution in [0.1, 0.15) is 48.4 Å². The van der Waals surface area contributed by atoms with Crippen LogP contribution in [0.4, 0.5) is 0 Å². The van der Waals surface area contributed by atoms with Crippen LogP contribution in [0.5, 0.6) is 0 Å². The Bertz CT molecular complexity index is 5120. The fraction of sp³-hybridized carbons (Fsp3) is 0.119. The zero-order chi connectivity index (χ0) is 61.4. The van der Waals surface area contributed by atoms with Gasteiger partial charge in [-0.15, -0.1) is 0 Å². The first kappa shape index (κ1) is 54.6. The molecule has 6 atom stereocenters. The highest BCUT2D eigenvalue weighted by atomic mass is 15.0. The van der Waals surface area contributed by atoms with Crippen molar-refractivity contribution in [3.8, 4) is 147 Å². The number of hydrogen-bond acceptors (Lipinski definition) is 8. The molecule has 2 heterocycles. The lowest BCUT2D eigenvalue weighted by molar-refractivity contribution is -0.168. The summed E-state index contributed by atoms with van der Waals surface area (Å²) in [6.07, 6.45) is 3.77. The summed E-state index contributed by atoms with van der Waals surface area (Å²) in [5.74, 6) is 6.24. The van der Waals surface area contributed by atoms with E-state index < -0.39 is 0 Å². The van der Waals surface area contributed by atoms with Crippen LogP contribution in [0, 0.1) is 52.3 Å². The normalized spacial score (nSPS) is 18.7. The van der Waals surface area contributed by atoms with Crippen molar-refractivity contribution in [2.75, 3.05) is 0 Å².